The Balaban J connectivity index is 1.94. The summed E-state index contributed by atoms with van der Waals surface area (Å²) in [5, 5.41) is 0.960. The molecule has 7 heteroatoms. The third kappa shape index (κ3) is 4.58. The molecule has 1 aromatic carbocycles. The monoisotopic (exact) mass is 388 g/mol. The topological polar surface area (TPSA) is 90.9 Å². The molecule has 27 heavy (non-hydrogen) atoms. The Kier molecular flexibility index (Phi) is 5.99. The molecule has 0 aliphatic carbocycles. The largest absolute Gasteiger partial charge is 0.398 e. The summed E-state index contributed by atoms with van der Waals surface area (Å²) in [4.78, 5) is 9.35. The number of aryl methyl sites for hydroxylation is 2. The first-order chi connectivity index (χ1) is 12.9. The van der Waals surface area contributed by atoms with Gasteiger partial charge in [0, 0.05) is 36.0 Å². The average molecular weight is 389 g/mol. The molecule has 0 spiro atoms. The van der Waals surface area contributed by atoms with Crippen molar-refractivity contribution >= 4 is 37.5 Å². The maximum absolute atomic E-state index is 11.3. The number of anilines is 1. The lowest BCUT2D eigenvalue weighted by Gasteiger charge is -2.11. The van der Waals surface area contributed by atoms with Crippen LogP contribution in [0.15, 0.2) is 24.4 Å². The number of imidazole rings is 1. The number of hydrogen-bond acceptors (Lipinski definition) is 5. The predicted molar refractivity (Wildman–Crippen MR) is 112 cm³/mol. The van der Waals surface area contributed by atoms with E-state index in [0.29, 0.717) is 12.1 Å². The van der Waals surface area contributed by atoms with E-state index < -0.39 is 9.84 Å². The van der Waals surface area contributed by atoms with Crippen LogP contribution in [-0.2, 0) is 22.8 Å². The molecule has 0 unspecified atom stereocenters. The van der Waals surface area contributed by atoms with E-state index in [1.165, 1.54) is 6.26 Å². The van der Waals surface area contributed by atoms with E-state index >= 15 is 0 Å². The molecule has 146 valence electrons. The SMILES string of the molecule is CCCCc1nc2cnc3cccc(N)c3c2n1CCCCCS(C)(=O)=O. The summed E-state index contributed by atoms with van der Waals surface area (Å²) >= 11 is 0. The van der Waals surface area contributed by atoms with Crippen LogP contribution in [0.1, 0.15) is 44.9 Å². The van der Waals surface area contributed by atoms with Crippen LogP contribution in [0.25, 0.3) is 21.9 Å². The highest BCUT2D eigenvalue weighted by molar-refractivity contribution is 7.90. The minimum atomic E-state index is -2.89. The van der Waals surface area contributed by atoms with E-state index in [2.05, 4.69) is 16.5 Å². The van der Waals surface area contributed by atoms with Gasteiger partial charge in [0.25, 0.3) is 0 Å². The van der Waals surface area contributed by atoms with E-state index in [9.17, 15) is 8.42 Å². The zero-order valence-electron chi connectivity index (χ0n) is 16.1. The van der Waals surface area contributed by atoms with Crippen molar-refractivity contribution in [2.75, 3.05) is 17.7 Å². The van der Waals surface area contributed by atoms with Gasteiger partial charge in [0.2, 0.25) is 0 Å². The van der Waals surface area contributed by atoms with E-state index in [1.54, 1.807) is 0 Å². The molecule has 3 rings (SSSR count). The van der Waals surface area contributed by atoms with Crippen LogP contribution in [0.2, 0.25) is 0 Å². The van der Waals surface area contributed by atoms with Gasteiger partial charge in [0.15, 0.2) is 0 Å². The molecular weight excluding hydrogens is 360 g/mol. The Hall–Kier alpha value is -2.15. The van der Waals surface area contributed by atoms with E-state index in [-0.39, 0.29) is 5.75 Å². The first-order valence-electron chi connectivity index (χ1n) is 9.60. The number of nitrogen functional groups attached to an aromatic ring is 1. The predicted octanol–water partition coefficient (Wildman–Crippen LogP) is 3.72. The molecule has 6 nitrogen and oxygen atoms in total. The van der Waals surface area contributed by atoms with Gasteiger partial charge < -0.3 is 10.3 Å². The first-order valence-corrected chi connectivity index (χ1v) is 11.7. The van der Waals surface area contributed by atoms with Crippen molar-refractivity contribution in [2.24, 2.45) is 0 Å². The molecule has 0 radical (unpaired) electrons. The second kappa shape index (κ2) is 8.25. The Morgan fingerprint density at radius 2 is 1.93 bits per heavy atom. The van der Waals surface area contributed by atoms with Gasteiger partial charge in [0.05, 0.1) is 17.2 Å². The van der Waals surface area contributed by atoms with Crippen molar-refractivity contribution in [3.8, 4) is 0 Å². The highest BCUT2D eigenvalue weighted by Gasteiger charge is 2.15. The zero-order chi connectivity index (χ0) is 19.4. The van der Waals surface area contributed by atoms with Crippen molar-refractivity contribution in [3.63, 3.8) is 0 Å². The van der Waals surface area contributed by atoms with Crippen LogP contribution in [0.5, 0.6) is 0 Å². The molecule has 0 fully saturated rings. The van der Waals surface area contributed by atoms with Gasteiger partial charge >= 0.3 is 0 Å². The molecule has 0 saturated carbocycles. The molecular formula is C20H28N4O2S. The summed E-state index contributed by atoms with van der Waals surface area (Å²) in [6, 6.07) is 5.79. The average Bonchev–Trinajstić information content (AvgIpc) is 2.96. The molecule has 0 saturated heterocycles. The van der Waals surface area contributed by atoms with Crippen molar-refractivity contribution in [3.05, 3.63) is 30.2 Å². The standard InChI is InChI=1S/C20H28N4O2S/c1-3-4-11-18-23-17-14-22-16-10-8-9-15(21)19(16)20(17)24(18)12-6-5-7-13-27(2,25)26/h8-10,14H,3-7,11-13,21H2,1-2H3. The molecule has 2 aromatic heterocycles. The fraction of sp³-hybridized carbons (Fsp3) is 0.500. The number of nitrogens with zero attached hydrogens (tertiary/aromatic N) is 3. The van der Waals surface area contributed by atoms with Crippen molar-refractivity contribution in [2.45, 2.75) is 52.0 Å². The van der Waals surface area contributed by atoms with Crippen LogP contribution in [-0.4, -0.2) is 35.0 Å². The third-order valence-electron chi connectivity index (χ3n) is 4.86. The molecule has 0 aliphatic rings. The van der Waals surface area contributed by atoms with Crippen LogP contribution in [0.4, 0.5) is 5.69 Å². The van der Waals surface area contributed by atoms with Crippen molar-refractivity contribution < 1.29 is 8.42 Å². The highest BCUT2D eigenvalue weighted by atomic mass is 32.2. The Morgan fingerprint density at radius 3 is 2.67 bits per heavy atom. The fourth-order valence-electron chi connectivity index (χ4n) is 3.50. The number of rotatable bonds is 9. The van der Waals surface area contributed by atoms with Crippen LogP contribution >= 0.6 is 0 Å². The Bertz CT molecular complexity index is 1040. The van der Waals surface area contributed by atoms with Gasteiger partial charge in [-0.25, -0.2) is 13.4 Å². The zero-order valence-corrected chi connectivity index (χ0v) is 16.9. The molecule has 2 N–H and O–H groups in total. The molecule has 0 bridgehead atoms. The third-order valence-corrected chi connectivity index (χ3v) is 5.89. The summed E-state index contributed by atoms with van der Waals surface area (Å²) in [6.07, 6.45) is 8.71. The van der Waals surface area contributed by atoms with Crippen molar-refractivity contribution in [1.82, 2.24) is 14.5 Å². The lowest BCUT2D eigenvalue weighted by Crippen LogP contribution is -2.07. The number of pyridine rings is 1. The number of benzene rings is 1. The second-order valence-corrected chi connectivity index (χ2v) is 9.47. The quantitative estimate of drug-likeness (QED) is 0.445. The Morgan fingerprint density at radius 1 is 1.11 bits per heavy atom. The minimum absolute atomic E-state index is 0.250. The van der Waals surface area contributed by atoms with Gasteiger partial charge in [-0.1, -0.05) is 25.8 Å². The maximum Gasteiger partial charge on any atom is 0.147 e. The van der Waals surface area contributed by atoms with Gasteiger partial charge in [-0.3, -0.25) is 4.98 Å². The number of sulfone groups is 1. The molecule has 2 heterocycles. The lowest BCUT2D eigenvalue weighted by atomic mass is 10.1. The Labute approximate surface area is 160 Å². The van der Waals surface area contributed by atoms with E-state index in [4.69, 9.17) is 10.7 Å². The van der Waals surface area contributed by atoms with Gasteiger partial charge in [-0.2, -0.15) is 0 Å². The minimum Gasteiger partial charge on any atom is -0.398 e. The number of fused-ring (bicyclic) bond motifs is 3. The smallest absolute Gasteiger partial charge is 0.147 e. The van der Waals surface area contributed by atoms with Gasteiger partial charge in [-0.05, 0) is 31.4 Å². The van der Waals surface area contributed by atoms with Crippen LogP contribution < -0.4 is 5.73 Å². The summed E-state index contributed by atoms with van der Waals surface area (Å²) < 4.78 is 24.9. The summed E-state index contributed by atoms with van der Waals surface area (Å²) in [6.45, 7) is 2.99. The molecule has 0 atom stereocenters. The van der Waals surface area contributed by atoms with E-state index in [1.807, 2.05) is 24.4 Å². The maximum atomic E-state index is 11.3. The van der Waals surface area contributed by atoms with E-state index in [0.717, 1.165) is 66.4 Å². The number of hydrogen-bond donors (Lipinski definition) is 1. The van der Waals surface area contributed by atoms with Crippen LogP contribution in [0, 0.1) is 0 Å². The molecule has 0 amide bonds. The normalized spacial score (nSPS) is 12.2. The summed E-state index contributed by atoms with van der Waals surface area (Å²) in [5.74, 6) is 1.31. The number of nitrogens with two attached hydrogens (primary N) is 1. The number of aromatic nitrogens is 3. The summed E-state index contributed by atoms with van der Waals surface area (Å²) in [5.41, 5.74) is 9.79. The highest BCUT2D eigenvalue weighted by Crippen LogP contribution is 2.30. The summed E-state index contributed by atoms with van der Waals surface area (Å²) in [7, 11) is -2.89. The molecule has 3 aromatic rings. The number of unbranched alkanes of at least 4 members (excludes halogenated alkanes) is 3. The second-order valence-electron chi connectivity index (χ2n) is 7.21. The first kappa shape index (κ1) is 19.6. The van der Waals surface area contributed by atoms with Crippen LogP contribution in [0.3, 0.4) is 0 Å². The van der Waals surface area contributed by atoms with Crippen molar-refractivity contribution in [1.29, 1.82) is 0 Å². The fourth-order valence-corrected chi connectivity index (χ4v) is 4.23. The lowest BCUT2D eigenvalue weighted by molar-refractivity contribution is 0.573. The molecule has 0 aliphatic heterocycles. The van der Waals surface area contributed by atoms with Gasteiger partial charge in [0.1, 0.15) is 21.2 Å². The van der Waals surface area contributed by atoms with Gasteiger partial charge in [-0.15, -0.1) is 0 Å².